The van der Waals surface area contributed by atoms with E-state index in [2.05, 4.69) is 0 Å². The molecule has 0 bridgehead atoms. The lowest BCUT2D eigenvalue weighted by Gasteiger charge is -2.06. The van der Waals surface area contributed by atoms with E-state index < -0.39 is 22.4 Å². The summed E-state index contributed by atoms with van der Waals surface area (Å²) in [6, 6.07) is 1.96. The molecule has 0 amide bonds. The van der Waals surface area contributed by atoms with Crippen molar-refractivity contribution in [2.45, 2.75) is 6.18 Å². The summed E-state index contributed by atoms with van der Waals surface area (Å²) in [7, 11) is 0. The van der Waals surface area contributed by atoms with Crippen molar-refractivity contribution in [3.05, 3.63) is 33.9 Å². The summed E-state index contributed by atoms with van der Waals surface area (Å²) in [5.41, 5.74) is 4.20. The highest BCUT2D eigenvalue weighted by Gasteiger charge is 2.38. The molecular weight excluding hydrogens is 201 g/mol. The Kier molecular flexibility index (Phi) is 2.33. The summed E-state index contributed by atoms with van der Waals surface area (Å²) < 4.78 is 36.5. The zero-order valence-electron chi connectivity index (χ0n) is 6.63. The maximum Gasteiger partial charge on any atom is 0.423 e. The van der Waals surface area contributed by atoms with Gasteiger partial charge in [0.15, 0.2) is 0 Å². The highest BCUT2D eigenvalue weighted by molar-refractivity contribution is 5.51. The third-order valence-electron chi connectivity index (χ3n) is 1.50. The van der Waals surface area contributed by atoms with Crippen LogP contribution in [0, 0.1) is 10.1 Å². The summed E-state index contributed by atoms with van der Waals surface area (Å²) in [5, 5.41) is 10.2. The van der Waals surface area contributed by atoms with Crippen LogP contribution >= 0.6 is 0 Å². The maximum atomic E-state index is 12.2. The molecule has 1 rings (SSSR count). The van der Waals surface area contributed by atoms with Gasteiger partial charge in [-0.15, -0.1) is 0 Å². The van der Waals surface area contributed by atoms with E-state index in [1.54, 1.807) is 0 Å². The Bertz CT molecular complexity index is 376. The number of alkyl halides is 3. The summed E-state index contributed by atoms with van der Waals surface area (Å²) in [6.45, 7) is 0. The number of hydrogen-bond donors (Lipinski definition) is 0. The van der Waals surface area contributed by atoms with Crippen molar-refractivity contribution < 1.29 is 18.1 Å². The van der Waals surface area contributed by atoms with Gasteiger partial charge in [-0.25, -0.2) is 0 Å². The van der Waals surface area contributed by atoms with Crippen LogP contribution in [0.5, 0.6) is 0 Å². The summed E-state index contributed by atoms with van der Waals surface area (Å²) in [5.74, 6) is 0. The molecule has 1 N–H and O–H groups in total. The molecule has 1 aromatic rings. The average molecular weight is 205 g/mol. The minimum atomic E-state index is -4.77. The Morgan fingerprint density at radius 2 is 1.93 bits per heavy atom. The van der Waals surface area contributed by atoms with Crippen molar-refractivity contribution in [3.63, 3.8) is 0 Å². The molecule has 0 saturated heterocycles. The third kappa shape index (κ3) is 1.93. The molecule has 14 heavy (non-hydrogen) atoms. The highest BCUT2D eigenvalue weighted by atomic mass is 19.4. The minimum absolute atomic E-state index is 0.329. The van der Waals surface area contributed by atoms with Crippen LogP contribution in [-0.2, 0) is 6.18 Å². The monoisotopic (exact) mass is 205 g/mol. The van der Waals surface area contributed by atoms with Gasteiger partial charge in [0, 0.05) is 6.07 Å². The Balaban J connectivity index is 3.37. The number of benzene rings is 1. The second kappa shape index (κ2) is 3.17. The molecule has 4 nitrogen and oxygen atoms in total. The van der Waals surface area contributed by atoms with Crippen LogP contribution in [0.4, 0.5) is 24.5 Å². The number of hydrogen-bond acceptors (Lipinski definition) is 2. The van der Waals surface area contributed by atoms with Gasteiger partial charge in [-0.2, -0.15) is 13.2 Å². The molecule has 1 radical (unpaired) electrons. The van der Waals surface area contributed by atoms with Crippen molar-refractivity contribution in [2.75, 3.05) is 0 Å². The topological polar surface area (TPSA) is 66.9 Å². The average Bonchev–Trinajstić information content (AvgIpc) is 2.01. The van der Waals surface area contributed by atoms with Crippen LogP contribution in [0.3, 0.4) is 0 Å². The first-order chi connectivity index (χ1) is 6.32. The molecule has 0 aromatic heterocycles. The molecule has 0 unspecified atom stereocenters. The number of halogens is 3. The zero-order valence-corrected chi connectivity index (χ0v) is 6.63. The molecular formula is C7H4F3N2O2. The minimum Gasteiger partial charge on any atom is -0.301 e. The fourth-order valence-electron chi connectivity index (χ4n) is 0.922. The van der Waals surface area contributed by atoms with Gasteiger partial charge >= 0.3 is 6.18 Å². The lowest BCUT2D eigenvalue weighted by Crippen LogP contribution is -2.08. The van der Waals surface area contributed by atoms with Gasteiger partial charge in [-0.1, -0.05) is 0 Å². The quantitative estimate of drug-likeness (QED) is 0.522. The van der Waals surface area contributed by atoms with E-state index in [1.165, 1.54) is 0 Å². The molecule has 7 heteroatoms. The van der Waals surface area contributed by atoms with Crippen molar-refractivity contribution >= 4 is 11.4 Å². The van der Waals surface area contributed by atoms with Crippen LogP contribution < -0.4 is 5.73 Å². The van der Waals surface area contributed by atoms with E-state index in [4.69, 9.17) is 5.73 Å². The fourth-order valence-corrected chi connectivity index (χ4v) is 0.922. The van der Waals surface area contributed by atoms with Crippen molar-refractivity contribution in [1.82, 2.24) is 5.73 Å². The predicted octanol–water partition coefficient (Wildman–Crippen LogP) is 2.53. The van der Waals surface area contributed by atoms with Gasteiger partial charge in [0.1, 0.15) is 5.56 Å². The van der Waals surface area contributed by atoms with Crippen LogP contribution in [0.2, 0.25) is 0 Å². The maximum absolute atomic E-state index is 12.2. The van der Waals surface area contributed by atoms with Gasteiger partial charge in [-0.3, -0.25) is 10.1 Å². The molecule has 0 aliphatic carbocycles. The van der Waals surface area contributed by atoms with E-state index in [9.17, 15) is 23.3 Å². The Morgan fingerprint density at radius 3 is 2.36 bits per heavy atom. The van der Waals surface area contributed by atoms with Gasteiger partial charge in [-0.05, 0) is 12.1 Å². The summed E-state index contributed by atoms with van der Waals surface area (Å²) in [6.07, 6.45) is -4.77. The Morgan fingerprint density at radius 1 is 1.36 bits per heavy atom. The largest absolute Gasteiger partial charge is 0.423 e. The first-order valence-electron chi connectivity index (χ1n) is 3.39. The van der Waals surface area contributed by atoms with Gasteiger partial charge < -0.3 is 5.73 Å². The lowest BCUT2D eigenvalue weighted by molar-refractivity contribution is -0.388. The van der Waals surface area contributed by atoms with E-state index >= 15 is 0 Å². The van der Waals surface area contributed by atoms with E-state index in [-0.39, 0.29) is 5.69 Å². The van der Waals surface area contributed by atoms with Crippen LogP contribution in [0.15, 0.2) is 18.2 Å². The molecule has 0 saturated carbocycles. The summed E-state index contributed by atoms with van der Waals surface area (Å²) in [4.78, 5) is 9.09. The molecule has 0 fully saturated rings. The lowest BCUT2D eigenvalue weighted by atomic mass is 10.1. The molecule has 75 valence electrons. The number of nitro groups is 1. The first kappa shape index (κ1) is 10.3. The number of nitro benzene ring substituents is 1. The summed E-state index contributed by atoms with van der Waals surface area (Å²) >= 11 is 0. The number of nitrogens with one attached hydrogen (secondary N) is 1. The number of nitrogens with zero attached hydrogens (tertiary/aromatic N) is 1. The van der Waals surface area contributed by atoms with Crippen molar-refractivity contribution in [3.8, 4) is 0 Å². The van der Waals surface area contributed by atoms with Crippen molar-refractivity contribution in [2.24, 2.45) is 0 Å². The molecule has 0 aliphatic heterocycles. The number of rotatable bonds is 1. The highest BCUT2D eigenvalue weighted by Crippen LogP contribution is 2.36. The molecule has 0 aliphatic rings. The first-order valence-corrected chi connectivity index (χ1v) is 3.39. The van der Waals surface area contributed by atoms with Crippen LogP contribution in [-0.4, -0.2) is 4.92 Å². The van der Waals surface area contributed by atoms with Crippen LogP contribution in [0.1, 0.15) is 5.56 Å². The molecule has 1 aromatic carbocycles. The normalized spacial score (nSPS) is 11.4. The van der Waals surface area contributed by atoms with E-state index in [0.29, 0.717) is 12.1 Å². The molecule has 0 atom stereocenters. The molecule has 0 spiro atoms. The fraction of sp³-hybridized carbons (Fsp3) is 0.143. The zero-order chi connectivity index (χ0) is 10.9. The standard InChI is InChI=1S/C7H4F3N2O2/c8-7(9,10)5-2-1-4(11)3-6(5)12(13)14/h1-3,11H. The smallest absolute Gasteiger partial charge is 0.301 e. The second-order valence-electron chi connectivity index (χ2n) is 2.49. The Labute approximate surface area is 76.3 Å². The predicted molar refractivity (Wildman–Crippen MR) is 40.9 cm³/mol. The van der Waals surface area contributed by atoms with E-state index in [1.807, 2.05) is 0 Å². The second-order valence-corrected chi connectivity index (χ2v) is 2.49. The van der Waals surface area contributed by atoms with E-state index in [0.717, 1.165) is 6.07 Å². The van der Waals surface area contributed by atoms with Gasteiger partial charge in [0.25, 0.3) is 5.69 Å². The SMILES string of the molecule is [NH]c1ccc(C(F)(F)F)c([N+](=O)[O-])c1. The van der Waals surface area contributed by atoms with Crippen LogP contribution in [0.25, 0.3) is 0 Å². The third-order valence-corrected chi connectivity index (χ3v) is 1.50. The molecule has 0 heterocycles. The Hall–Kier alpha value is -1.79. The van der Waals surface area contributed by atoms with Gasteiger partial charge in [0.2, 0.25) is 0 Å². The van der Waals surface area contributed by atoms with Crippen molar-refractivity contribution in [1.29, 1.82) is 0 Å². The van der Waals surface area contributed by atoms with Gasteiger partial charge in [0.05, 0.1) is 10.6 Å².